The van der Waals surface area contributed by atoms with Crippen LogP contribution in [-0.2, 0) is 11.2 Å². The van der Waals surface area contributed by atoms with Gasteiger partial charge in [0.25, 0.3) is 0 Å². The predicted octanol–water partition coefficient (Wildman–Crippen LogP) is 1.61. The van der Waals surface area contributed by atoms with Gasteiger partial charge >= 0.3 is 0 Å². The summed E-state index contributed by atoms with van der Waals surface area (Å²) in [5.41, 5.74) is -0.373. The molecule has 2 rings (SSSR count). The highest BCUT2D eigenvalue weighted by atomic mass is 79.9. The number of ether oxygens (including phenoxy) is 1. The second kappa shape index (κ2) is 5.08. The number of aliphatic hydroxyl groups is 1. The van der Waals surface area contributed by atoms with Crippen molar-refractivity contribution in [2.45, 2.75) is 18.1 Å². The van der Waals surface area contributed by atoms with Crippen LogP contribution in [0.4, 0.5) is 0 Å². The number of halogens is 1. The highest BCUT2D eigenvalue weighted by Gasteiger charge is 2.36. The first-order chi connectivity index (χ1) is 8.14. The third-order valence-electron chi connectivity index (χ3n) is 2.65. The molecule has 0 saturated heterocycles. The minimum Gasteiger partial charge on any atom is -0.382 e. The molecule has 0 bridgehead atoms. The van der Waals surface area contributed by atoms with E-state index in [0.29, 0.717) is 6.42 Å². The largest absolute Gasteiger partial charge is 0.382 e. The Balaban J connectivity index is 2.25. The first kappa shape index (κ1) is 12.4. The third-order valence-corrected chi connectivity index (χ3v) is 3.14. The van der Waals surface area contributed by atoms with E-state index in [1.807, 2.05) is 12.2 Å². The number of hydrogen-bond acceptors (Lipinski definition) is 4. The molecule has 0 saturated carbocycles. The van der Waals surface area contributed by atoms with Gasteiger partial charge in [-0.25, -0.2) is 0 Å². The fourth-order valence-electron chi connectivity index (χ4n) is 1.86. The van der Waals surface area contributed by atoms with E-state index in [2.05, 4.69) is 25.9 Å². The summed E-state index contributed by atoms with van der Waals surface area (Å²) in [6.07, 6.45) is 10.2. The topological polar surface area (TPSA) is 55.2 Å². The van der Waals surface area contributed by atoms with E-state index >= 15 is 0 Å². The zero-order chi connectivity index (χ0) is 12.3. The van der Waals surface area contributed by atoms with Gasteiger partial charge in [0, 0.05) is 36.6 Å². The Morgan fingerprint density at radius 3 is 3.00 bits per heavy atom. The second-order valence-corrected chi connectivity index (χ2v) is 4.83. The van der Waals surface area contributed by atoms with Gasteiger partial charge < -0.3 is 9.84 Å². The average Bonchev–Trinajstić information content (AvgIpc) is 2.30. The average molecular weight is 297 g/mol. The van der Waals surface area contributed by atoms with Crippen molar-refractivity contribution < 1.29 is 9.84 Å². The van der Waals surface area contributed by atoms with Gasteiger partial charge in [-0.05, 0) is 12.2 Å². The molecule has 0 spiro atoms. The van der Waals surface area contributed by atoms with Gasteiger partial charge in [-0.1, -0.05) is 22.0 Å². The summed E-state index contributed by atoms with van der Waals surface area (Å²) in [5, 5.41) is 10.6. The quantitative estimate of drug-likeness (QED) is 0.921. The van der Waals surface area contributed by atoms with Crippen molar-refractivity contribution in [3.05, 3.63) is 47.0 Å². The zero-order valence-corrected chi connectivity index (χ0v) is 11.0. The summed E-state index contributed by atoms with van der Waals surface area (Å²) in [4.78, 5) is 8.15. The van der Waals surface area contributed by atoms with Gasteiger partial charge in [-0.15, -0.1) is 0 Å². The van der Waals surface area contributed by atoms with Gasteiger partial charge in [0.2, 0.25) is 0 Å². The van der Waals surface area contributed by atoms with Crippen LogP contribution in [0.25, 0.3) is 0 Å². The fraction of sp³-hybridized carbons (Fsp3) is 0.333. The first-order valence-electron chi connectivity index (χ1n) is 5.21. The highest BCUT2D eigenvalue weighted by molar-refractivity contribution is 9.11. The van der Waals surface area contributed by atoms with Crippen molar-refractivity contribution in [1.29, 1.82) is 0 Å². The van der Waals surface area contributed by atoms with Gasteiger partial charge in [0.05, 0.1) is 5.69 Å². The maximum absolute atomic E-state index is 10.6. The molecule has 4 nitrogen and oxygen atoms in total. The molecule has 5 heteroatoms. The molecule has 1 N–H and O–H groups in total. The Morgan fingerprint density at radius 1 is 1.53 bits per heavy atom. The molecule has 1 aliphatic carbocycles. The van der Waals surface area contributed by atoms with E-state index < -0.39 is 5.60 Å². The van der Waals surface area contributed by atoms with Crippen LogP contribution in [0, 0.1) is 0 Å². The van der Waals surface area contributed by atoms with Crippen molar-refractivity contribution in [3.63, 3.8) is 0 Å². The summed E-state index contributed by atoms with van der Waals surface area (Å²) in [5.74, 6) is 0. The Hall–Kier alpha value is -1.04. The maximum Gasteiger partial charge on any atom is 0.119 e. The number of methoxy groups -OCH3 is 1. The molecule has 0 amide bonds. The third kappa shape index (κ3) is 2.80. The van der Waals surface area contributed by atoms with E-state index in [-0.39, 0.29) is 6.10 Å². The molecule has 90 valence electrons. The molecule has 1 aromatic rings. The van der Waals surface area contributed by atoms with Crippen LogP contribution in [0.1, 0.15) is 5.69 Å². The molecule has 2 unspecified atom stereocenters. The van der Waals surface area contributed by atoms with Crippen molar-refractivity contribution in [2.24, 2.45) is 0 Å². The van der Waals surface area contributed by atoms with Crippen LogP contribution >= 0.6 is 15.9 Å². The fourth-order valence-corrected chi connectivity index (χ4v) is 2.41. The molecule has 0 aliphatic heterocycles. The monoisotopic (exact) mass is 296 g/mol. The van der Waals surface area contributed by atoms with Crippen molar-refractivity contribution in [3.8, 4) is 0 Å². The smallest absolute Gasteiger partial charge is 0.119 e. The van der Waals surface area contributed by atoms with Crippen LogP contribution in [0.5, 0.6) is 0 Å². The minimum atomic E-state index is -1.10. The normalized spacial score (nSPS) is 27.9. The molecule has 1 heterocycles. The molecule has 0 aromatic carbocycles. The van der Waals surface area contributed by atoms with E-state index in [1.54, 1.807) is 31.8 Å². The number of aromatic nitrogens is 2. The zero-order valence-electron chi connectivity index (χ0n) is 9.38. The van der Waals surface area contributed by atoms with Gasteiger partial charge in [0.15, 0.2) is 0 Å². The Labute approximate surface area is 108 Å². The van der Waals surface area contributed by atoms with Crippen LogP contribution in [0.2, 0.25) is 0 Å². The van der Waals surface area contributed by atoms with Gasteiger partial charge in [-0.3, -0.25) is 9.97 Å². The Morgan fingerprint density at radius 2 is 2.35 bits per heavy atom. The molecule has 0 fully saturated rings. The van der Waals surface area contributed by atoms with Crippen LogP contribution in [-0.4, -0.2) is 33.9 Å². The lowest BCUT2D eigenvalue weighted by Crippen LogP contribution is -2.44. The Kier molecular flexibility index (Phi) is 3.71. The number of allylic oxidation sites excluding steroid dienone is 2. The second-order valence-electron chi connectivity index (χ2n) is 3.91. The lowest BCUT2D eigenvalue weighted by molar-refractivity contribution is -0.0382. The summed E-state index contributed by atoms with van der Waals surface area (Å²) in [6, 6.07) is 0. The summed E-state index contributed by atoms with van der Waals surface area (Å²) in [6.45, 7) is 0. The van der Waals surface area contributed by atoms with Gasteiger partial charge in [-0.2, -0.15) is 0 Å². The number of hydrogen-bond donors (Lipinski definition) is 1. The van der Waals surface area contributed by atoms with Crippen LogP contribution in [0.3, 0.4) is 0 Å². The SMILES string of the molecule is COC1C=CC(Br)=CC1(O)Cc1cnccn1. The first-order valence-corrected chi connectivity index (χ1v) is 6.00. The lowest BCUT2D eigenvalue weighted by atomic mass is 9.87. The van der Waals surface area contributed by atoms with E-state index in [4.69, 9.17) is 4.74 Å². The summed E-state index contributed by atoms with van der Waals surface area (Å²) < 4.78 is 6.11. The minimum absolute atomic E-state index is 0.360. The van der Waals surface area contributed by atoms with Crippen molar-refractivity contribution in [1.82, 2.24) is 9.97 Å². The molecule has 1 aliphatic rings. The standard InChI is InChI=1S/C12H13BrN2O2/c1-17-11-3-2-9(13)6-12(11,16)7-10-8-14-4-5-15-10/h2-6,8,11,16H,7H2,1H3. The van der Waals surface area contributed by atoms with Gasteiger partial charge in [0.1, 0.15) is 11.7 Å². The molecule has 1 aromatic heterocycles. The van der Waals surface area contributed by atoms with Crippen molar-refractivity contribution >= 4 is 15.9 Å². The maximum atomic E-state index is 10.6. The van der Waals surface area contributed by atoms with E-state index in [0.717, 1.165) is 10.2 Å². The highest BCUT2D eigenvalue weighted by Crippen LogP contribution is 2.29. The molecular weight excluding hydrogens is 284 g/mol. The summed E-state index contributed by atoms with van der Waals surface area (Å²) >= 11 is 3.36. The predicted molar refractivity (Wildman–Crippen MR) is 67.6 cm³/mol. The molecular formula is C12H13BrN2O2. The van der Waals surface area contributed by atoms with Crippen molar-refractivity contribution in [2.75, 3.05) is 7.11 Å². The summed E-state index contributed by atoms with van der Waals surface area (Å²) in [7, 11) is 1.57. The Bertz CT molecular complexity index is 447. The molecule has 17 heavy (non-hydrogen) atoms. The van der Waals surface area contributed by atoms with Crippen LogP contribution < -0.4 is 0 Å². The van der Waals surface area contributed by atoms with Crippen LogP contribution in [0.15, 0.2) is 41.3 Å². The van der Waals surface area contributed by atoms with E-state index in [1.165, 1.54) is 0 Å². The number of rotatable bonds is 3. The number of nitrogens with zero attached hydrogens (tertiary/aromatic N) is 2. The lowest BCUT2D eigenvalue weighted by Gasteiger charge is -2.33. The molecule has 0 radical (unpaired) electrons. The van der Waals surface area contributed by atoms with E-state index in [9.17, 15) is 5.11 Å². The molecule has 2 atom stereocenters.